The number of nitriles is 1. The SMILES string of the molecule is C/C(C#N)=C(/Cl)c1ccc(Cl)cc1Br. The molecule has 1 aromatic rings. The molecule has 0 amide bonds. The minimum absolute atomic E-state index is 0.441. The quantitative estimate of drug-likeness (QED) is 0.694. The molecule has 0 aliphatic carbocycles. The molecule has 0 aromatic heterocycles. The lowest BCUT2D eigenvalue weighted by molar-refractivity contribution is 1.45. The van der Waals surface area contributed by atoms with Gasteiger partial charge < -0.3 is 0 Å². The molecule has 0 radical (unpaired) electrons. The first kappa shape index (κ1) is 11.6. The van der Waals surface area contributed by atoms with Gasteiger partial charge in [-0.25, -0.2) is 0 Å². The second-order valence-electron chi connectivity index (χ2n) is 2.67. The molecular formula is C10H6BrCl2N. The lowest BCUT2D eigenvalue weighted by Crippen LogP contribution is -1.83. The van der Waals surface area contributed by atoms with Crippen molar-refractivity contribution in [2.45, 2.75) is 6.92 Å². The fourth-order valence-electron chi connectivity index (χ4n) is 0.919. The average Bonchev–Trinajstić information content (AvgIpc) is 2.15. The van der Waals surface area contributed by atoms with Crippen LogP contribution >= 0.6 is 39.1 Å². The van der Waals surface area contributed by atoms with Crippen LogP contribution in [0.3, 0.4) is 0 Å². The molecule has 0 aliphatic heterocycles. The summed E-state index contributed by atoms with van der Waals surface area (Å²) < 4.78 is 0.782. The Labute approximate surface area is 101 Å². The van der Waals surface area contributed by atoms with Crippen molar-refractivity contribution in [2.24, 2.45) is 0 Å². The second kappa shape index (κ2) is 4.84. The minimum Gasteiger partial charge on any atom is -0.193 e. The van der Waals surface area contributed by atoms with E-state index in [1.165, 1.54) is 0 Å². The van der Waals surface area contributed by atoms with Crippen molar-refractivity contribution in [1.29, 1.82) is 5.26 Å². The van der Waals surface area contributed by atoms with Crippen LogP contribution in [-0.2, 0) is 0 Å². The van der Waals surface area contributed by atoms with Gasteiger partial charge in [-0.3, -0.25) is 0 Å². The van der Waals surface area contributed by atoms with Crippen LogP contribution < -0.4 is 0 Å². The van der Waals surface area contributed by atoms with Crippen LogP contribution in [0.2, 0.25) is 5.02 Å². The van der Waals surface area contributed by atoms with E-state index in [-0.39, 0.29) is 0 Å². The van der Waals surface area contributed by atoms with Gasteiger partial charge in [0.25, 0.3) is 0 Å². The molecule has 0 fully saturated rings. The first-order chi connectivity index (χ1) is 6.56. The van der Waals surface area contributed by atoms with Gasteiger partial charge in [0.05, 0.1) is 11.1 Å². The number of hydrogen-bond donors (Lipinski definition) is 0. The first-order valence-corrected chi connectivity index (χ1v) is 5.33. The van der Waals surface area contributed by atoms with Gasteiger partial charge in [-0.15, -0.1) is 0 Å². The Kier molecular flexibility index (Phi) is 4.00. The third-order valence-corrected chi connectivity index (χ3v) is 3.04. The number of rotatable bonds is 1. The van der Waals surface area contributed by atoms with Crippen LogP contribution in [0.1, 0.15) is 12.5 Å². The Morgan fingerprint density at radius 3 is 2.64 bits per heavy atom. The summed E-state index contributed by atoms with van der Waals surface area (Å²) in [5.74, 6) is 0. The summed E-state index contributed by atoms with van der Waals surface area (Å²) in [5.41, 5.74) is 1.25. The Morgan fingerprint density at radius 2 is 2.14 bits per heavy atom. The highest BCUT2D eigenvalue weighted by Gasteiger charge is 2.07. The summed E-state index contributed by atoms with van der Waals surface area (Å²) in [6.45, 7) is 1.67. The molecule has 0 saturated heterocycles. The van der Waals surface area contributed by atoms with E-state index >= 15 is 0 Å². The molecule has 14 heavy (non-hydrogen) atoms. The van der Waals surface area contributed by atoms with Gasteiger partial charge in [0, 0.05) is 20.6 Å². The minimum atomic E-state index is 0.441. The normalized spacial score (nSPS) is 11.9. The number of hydrogen-bond acceptors (Lipinski definition) is 1. The van der Waals surface area contributed by atoms with E-state index in [1.807, 2.05) is 6.07 Å². The highest BCUT2D eigenvalue weighted by Crippen LogP contribution is 2.31. The molecule has 0 bridgehead atoms. The number of allylic oxidation sites excluding steroid dienone is 1. The second-order valence-corrected chi connectivity index (χ2v) is 4.34. The molecule has 0 unspecified atom stereocenters. The number of benzene rings is 1. The van der Waals surface area contributed by atoms with Crippen LogP contribution in [0.4, 0.5) is 0 Å². The van der Waals surface area contributed by atoms with E-state index in [4.69, 9.17) is 28.5 Å². The van der Waals surface area contributed by atoms with Crippen molar-refractivity contribution in [1.82, 2.24) is 0 Å². The predicted octanol–water partition coefficient (Wildman–Crippen LogP) is 4.60. The largest absolute Gasteiger partial charge is 0.193 e. The molecule has 0 heterocycles. The lowest BCUT2D eigenvalue weighted by atomic mass is 10.1. The molecule has 1 rings (SSSR count). The Balaban J connectivity index is 3.29. The van der Waals surface area contributed by atoms with Crippen LogP contribution in [0.5, 0.6) is 0 Å². The number of nitrogens with zero attached hydrogens (tertiary/aromatic N) is 1. The summed E-state index contributed by atoms with van der Waals surface area (Å²) in [7, 11) is 0. The van der Waals surface area contributed by atoms with Gasteiger partial charge in [-0.2, -0.15) is 5.26 Å². The smallest absolute Gasteiger partial charge is 0.0959 e. The van der Waals surface area contributed by atoms with Crippen LogP contribution in [0, 0.1) is 11.3 Å². The standard InChI is InChI=1S/C10H6BrCl2N/c1-6(5-14)10(13)8-3-2-7(12)4-9(8)11/h2-4H,1H3/b10-6-. The van der Waals surface area contributed by atoms with Crippen LogP contribution in [0.15, 0.2) is 28.2 Å². The summed E-state index contributed by atoms with van der Waals surface area (Å²) in [6.07, 6.45) is 0. The van der Waals surface area contributed by atoms with Crippen molar-refractivity contribution in [2.75, 3.05) is 0 Å². The van der Waals surface area contributed by atoms with Crippen molar-refractivity contribution in [3.63, 3.8) is 0 Å². The lowest BCUT2D eigenvalue weighted by Gasteiger charge is -2.03. The van der Waals surface area contributed by atoms with Gasteiger partial charge in [-0.05, 0) is 19.1 Å². The first-order valence-electron chi connectivity index (χ1n) is 3.78. The fraction of sp³-hybridized carbons (Fsp3) is 0.100. The van der Waals surface area contributed by atoms with Gasteiger partial charge in [0.15, 0.2) is 0 Å². The summed E-state index contributed by atoms with van der Waals surface area (Å²) in [4.78, 5) is 0. The average molecular weight is 291 g/mol. The molecular weight excluding hydrogens is 285 g/mol. The van der Waals surface area contributed by atoms with E-state index < -0.39 is 0 Å². The van der Waals surface area contributed by atoms with E-state index in [2.05, 4.69) is 15.9 Å². The maximum Gasteiger partial charge on any atom is 0.0959 e. The highest BCUT2D eigenvalue weighted by atomic mass is 79.9. The van der Waals surface area contributed by atoms with E-state index in [1.54, 1.807) is 25.1 Å². The fourth-order valence-corrected chi connectivity index (χ4v) is 2.12. The van der Waals surface area contributed by atoms with E-state index in [0.29, 0.717) is 15.6 Å². The molecule has 0 N–H and O–H groups in total. The summed E-state index contributed by atoms with van der Waals surface area (Å²) in [5, 5.41) is 9.74. The third-order valence-electron chi connectivity index (χ3n) is 1.66. The maximum absolute atomic E-state index is 8.68. The zero-order chi connectivity index (χ0) is 10.7. The van der Waals surface area contributed by atoms with E-state index in [9.17, 15) is 0 Å². The van der Waals surface area contributed by atoms with Gasteiger partial charge in [0.2, 0.25) is 0 Å². The Hall–Kier alpha value is -0.490. The van der Waals surface area contributed by atoms with Gasteiger partial charge in [0.1, 0.15) is 0 Å². The predicted molar refractivity (Wildman–Crippen MR) is 63.2 cm³/mol. The van der Waals surface area contributed by atoms with Crippen LogP contribution in [0.25, 0.3) is 5.03 Å². The van der Waals surface area contributed by atoms with Crippen molar-refractivity contribution >= 4 is 44.2 Å². The van der Waals surface area contributed by atoms with Crippen LogP contribution in [-0.4, -0.2) is 0 Å². The Morgan fingerprint density at radius 1 is 1.50 bits per heavy atom. The van der Waals surface area contributed by atoms with Gasteiger partial charge >= 0.3 is 0 Å². The van der Waals surface area contributed by atoms with Crippen molar-refractivity contribution in [3.8, 4) is 6.07 Å². The molecule has 0 saturated carbocycles. The molecule has 4 heteroatoms. The molecule has 72 valence electrons. The monoisotopic (exact) mass is 289 g/mol. The zero-order valence-electron chi connectivity index (χ0n) is 7.31. The zero-order valence-corrected chi connectivity index (χ0v) is 10.4. The number of halogens is 3. The van der Waals surface area contributed by atoms with E-state index in [0.717, 1.165) is 10.0 Å². The third kappa shape index (κ3) is 2.51. The molecule has 0 aliphatic rings. The molecule has 1 aromatic carbocycles. The van der Waals surface area contributed by atoms with Crippen molar-refractivity contribution < 1.29 is 0 Å². The summed E-state index contributed by atoms with van der Waals surface area (Å²) >= 11 is 15.1. The Bertz CT molecular complexity index is 432. The molecule has 1 nitrogen and oxygen atoms in total. The van der Waals surface area contributed by atoms with Crippen molar-refractivity contribution in [3.05, 3.63) is 38.8 Å². The molecule has 0 spiro atoms. The summed E-state index contributed by atoms with van der Waals surface area (Å²) in [6, 6.07) is 7.24. The highest BCUT2D eigenvalue weighted by molar-refractivity contribution is 9.10. The topological polar surface area (TPSA) is 23.8 Å². The molecule has 0 atom stereocenters. The van der Waals surface area contributed by atoms with Gasteiger partial charge in [-0.1, -0.05) is 45.2 Å². The maximum atomic E-state index is 8.68.